The van der Waals surface area contributed by atoms with E-state index in [9.17, 15) is 0 Å². The molecule has 10 heavy (non-hydrogen) atoms. The summed E-state index contributed by atoms with van der Waals surface area (Å²) in [4.78, 5) is 0. The molecule has 0 spiro atoms. The van der Waals surface area contributed by atoms with Crippen LogP contribution in [0.5, 0.6) is 0 Å². The first-order chi connectivity index (χ1) is 4.59. The smallest absolute Gasteiger partial charge is 0.0444 e. The van der Waals surface area contributed by atoms with E-state index < -0.39 is 0 Å². The minimum Gasteiger partial charge on any atom is -0.398 e. The van der Waals surface area contributed by atoms with Crippen molar-refractivity contribution in [2.24, 2.45) is 5.73 Å². The van der Waals surface area contributed by atoms with Crippen LogP contribution in [0, 0.1) is 0 Å². The first-order valence-corrected chi connectivity index (χ1v) is 3.80. The third-order valence-electron chi connectivity index (χ3n) is 1.06. The molecule has 0 saturated heterocycles. The predicted molar refractivity (Wildman–Crippen MR) is 49.8 cm³/mol. The fraction of sp³-hybridized carbons (Fsp3) is 0.250. The average molecular weight is 202 g/mol. The van der Waals surface area contributed by atoms with Gasteiger partial charge >= 0.3 is 0 Å². The van der Waals surface area contributed by atoms with Gasteiger partial charge in [-0.15, -0.1) is 0 Å². The molecule has 0 aliphatic carbocycles. The van der Waals surface area contributed by atoms with Gasteiger partial charge in [0.2, 0.25) is 0 Å². The maximum Gasteiger partial charge on any atom is 0.0444 e. The molecular weight excluding hydrogens is 190 g/mol. The van der Waals surface area contributed by atoms with Gasteiger partial charge in [0, 0.05) is 10.2 Å². The van der Waals surface area contributed by atoms with Crippen LogP contribution in [-0.4, -0.2) is 0 Å². The molecule has 2 N–H and O–H groups in total. The van der Waals surface area contributed by atoms with Crippen LogP contribution in [0.1, 0.15) is 13.8 Å². The van der Waals surface area contributed by atoms with Gasteiger partial charge in [-0.1, -0.05) is 18.2 Å². The molecule has 0 heterocycles. The third kappa shape index (κ3) is 2.87. The van der Waals surface area contributed by atoms with Crippen LogP contribution in [-0.2, 0) is 0 Å². The lowest BCUT2D eigenvalue weighted by Crippen LogP contribution is -1.98. The zero-order valence-electron chi connectivity index (χ0n) is 6.32. The highest BCUT2D eigenvalue weighted by atomic mass is 79.9. The van der Waals surface area contributed by atoms with Crippen LogP contribution >= 0.6 is 15.9 Å². The molecule has 0 aromatic heterocycles. The van der Waals surface area contributed by atoms with Gasteiger partial charge in [0.25, 0.3) is 0 Å². The van der Waals surface area contributed by atoms with E-state index in [1.165, 1.54) is 0 Å². The van der Waals surface area contributed by atoms with Crippen molar-refractivity contribution in [1.29, 1.82) is 0 Å². The van der Waals surface area contributed by atoms with Crippen molar-refractivity contribution in [2.45, 2.75) is 13.8 Å². The maximum absolute atomic E-state index is 5.66. The lowest BCUT2D eigenvalue weighted by molar-refractivity contribution is 1.25. The highest BCUT2D eigenvalue weighted by molar-refractivity contribution is 9.12. The SMILES string of the molecule is C=C/C=C(/Br)C(N)=C(C)C. The summed E-state index contributed by atoms with van der Waals surface area (Å²) in [5.74, 6) is 0. The topological polar surface area (TPSA) is 26.0 Å². The predicted octanol–water partition coefficient (Wildman–Crippen LogP) is 2.70. The lowest BCUT2D eigenvalue weighted by Gasteiger charge is -1.99. The first-order valence-electron chi connectivity index (χ1n) is 3.01. The van der Waals surface area contributed by atoms with Gasteiger partial charge in [-0.25, -0.2) is 0 Å². The fourth-order valence-electron chi connectivity index (χ4n) is 0.432. The number of halogens is 1. The van der Waals surface area contributed by atoms with Crippen molar-refractivity contribution in [2.75, 3.05) is 0 Å². The van der Waals surface area contributed by atoms with E-state index in [2.05, 4.69) is 22.5 Å². The van der Waals surface area contributed by atoms with Crippen LogP contribution in [0.4, 0.5) is 0 Å². The molecule has 0 aliphatic rings. The van der Waals surface area contributed by atoms with E-state index in [4.69, 9.17) is 5.73 Å². The Hall–Kier alpha value is -0.500. The Morgan fingerprint density at radius 2 is 2.00 bits per heavy atom. The van der Waals surface area contributed by atoms with Gasteiger partial charge in [0.15, 0.2) is 0 Å². The lowest BCUT2D eigenvalue weighted by atomic mass is 10.2. The zero-order valence-corrected chi connectivity index (χ0v) is 7.90. The Bertz CT molecular complexity index is 185. The highest BCUT2D eigenvalue weighted by Crippen LogP contribution is 2.15. The van der Waals surface area contributed by atoms with Gasteiger partial charge in [0.1, 0.15) is 0 Å². The molecular formula is C8H12BrN. The van der Waals surface area contributed by atoms with Crippen LogP contribution < -0.4 is 5.73 Å². The number of hydrogen-bond acceptors (Lipinski definition) is 1. The average Bonchev–Trinajstić information content (AvgIpc) is 1.87. The second kappa shape index (κ2) is 4.34. The van der Waals surface area contributed by atoms with E-state index in [1.807, 2.05) is 19.9 Å². The van der Waals surface area contributed by atoms with E-state index >= 15 is 0 Å². The van der Waals surface area contributed by atoms with Crippen LogP contribution in [0.3, 0.4) is 0 Å². The molecule has 2 heteroatoms. The number of nitrogens with two attached hydrogens (primary N) is 1. The highest BCUT2D eigenvalue weighted by Gasteiger charge is 1.94. The molecule has 0 radical (unpaired) electrons. The molecule has 0 unspecified atom stereocenters. The molecule has 0 aromatic carbocycles. The van der Waals surface area contributed by atoms with Crippen molar-refractivity contribution >= 4 is 15.9 Å². The van der Waals surface area contributed by atoms with Crippen molar-refractivity contribution in [1.82, 2.24) is 0 Å². The van der Waals surface area contributed by atoms with E-state index in [-0.39, 0.29) is 0 Å². The Kier molecular flexibility index (Phi) is 4.12. The van der Waals surface area contributed by atoms with Crippen molar-refractivity contribution in [3.8, 4) is 0 Å². The second-order valence-corrected chi connectivity index (χ2v) is 3.02. The fourth-order valence-corrected chi connectivity index (χ4v) is 1.02. The van der Waals surface area contributed by atoms with Gasteiger partial charge < -0.3 is 5.73 Å². The van der Waals surface area contributed by atoms with Crippen molar-refractivity contribution in [3.63, 3.8) is 0 Å². The first kappa shape index (κ1) is 9.50. The summed E-state index contributed by atoms with van der Waals surface area (Å²) >= 11 is 3.31. The molecule has 0 aromatic rings. The van der Waals surface area contributed by atoms with Gasteiger partial charge in [-0.05, 0) is 35.9 Å². The molecule has 0 aliphatic heterocycles. The molecule has 1 nitrogen and oxygen atoms in total. The monoisotopic (exact) mass is 201 g/mol. The summed E-state index contributed by atoms with van der Waals surface area (Å²) in [6.45, 7) is 7.49. The second-order valence-electron chi connectivity index (χ2n) is 2.16. The Morgan fingerprint density at radius 1 is 1.50 bits per heavy atom. The van der Waals surface area contributed by atoms with Gasteiger partial charge in [0.05, 0.1) is 0 Å². The molecule has 0 atom stereocenters. The minimum atomic E-state index is 0.778. The van der Waals surface area contributed by atoms with E-state index in [1.54, 1.807) is 6.08 Å². The van der Waals surface area contributed by atoms with Crippen LogP contribution in [0.2, 0.25) is 0 Å². The normalized spacial score (nSPS) is 10.9. The van der Waals surface area contributed by atoms with Crippen molar-refractivity contribution in [3.05, 3.63) is 34.5 Å². The molecule has 0 fully saturated rings. The summed E-state index contributed by atoms with van der Waals surface area (Å²) in [7, 11) is 0. The summed E-state index contributed by atoms with van der Waals surface area (Å²) in [6, 6.07) is 0. The largest absolute Gasteiger partial charge is 0.398 e. The molecule has 0 rings (SSSR count). The zero-order chi connectivity index (χ0) is 8.15. The number of hydrogen-bond donors (Lipinski definition) is 1. The Labute approximate surface area is 70.4 Å². The number of rotatable bonds is 2. The summed E-state index contributed by atoms with van der Waals surface area (Å²) in [6.07, 6.45) is 3.52. The minimum absolute atomic E-state index is 0.778. The van der Waals surface area contributed by atoms with E-state index in [0.717, 1.165) is 15.8 Å². The van der Waals surface area contributed by atoms with Crippen molar-refractivity contribution < 1.29 is 0 Å². The standard InChI is InChI=1S/C8H12BrN/c1-4-5-7(9)8(10)6(2)3/h4-5H,1,10H2,2-3H3/b7-5+. The third-order valence-corrected chi connectivity index (χ3v) is 1.75. The van der Waals surface area contributed by atoms with Gasteiger partial charge in [-0.3, -0.25) is 0 Å². The molecule has 0 saturated carbocycles. The summed E-state index contributed by atoms with van der Waals surface area (Å²) in [5, 5.41) is 0. The Morgan fingerprint density at radius 3 is 2.30 bits per heavy atom. The quantitative estimate of drug-likeness (QED) is 0.684. The summed E-state index contributed by atoms with van der Waals surface area (Å²) < 4.78 is 0.891. The Balaban J connectivity index is 4.51. The molecule has 0 amide bonds. The summed E-state index contributed by atoms with van der Waals surface area (Å²) in [5.41, 5.74) is 7.54. The van der Waals surface area contributed by atoms with Crippen LogP contribution in [0.15, 0.2) is 34.5 Å². The molecule has 0 bridgehead atoms. The van der Waals surface area contributed by atoms with E-state index in [0.29, 0.717) is 0 Å². The van der Waals surface area contributed by atoms with Gasteiger partial charge in [-0.2, -0.15) is 0 Å². The molecule has 56 valence electrons. The maximum atomic E-state index is 5.66. The number of allylic oxidation sites excluding steroid dienone is 4. The van der Waals surface area contributed by atoms with Crippen LogP contribution in [0.25, 0.3) is 0 Å².